The number of likely N-dealkylation sites (N-methyl/N-ethyl adjacent to an activating group) is 7. The molecule has 0 fully saturated rings. The molecule has 12 amide bonds. The fraction of sp³-hybridized carbons (Fsp3) is 0.722. The molecule has 31 nitrogen and oxygen atoms in total. The number of allylic oxidation sites excluding steroid dienone is 2. The van der Waals surface area contributed by atoms with Gasteiger partial charge < -0.3 is 85.5 Å². The van der Waals surface area contributed by atoms with Crippen LogP contribution in [0.1, 0.15) is 176 Å². The van der Waals surface area contributed by atoms with Gasteiger partial charge in [0.1, 0.15) is 79.7 Å². The summed E-state index contributed by atoms with van der Waals surface area (Å²) in [6.07, 6.45) is 2.84. The van der Waals surface area contributed by atoms with E-state index in [1.54, 1.807) is 81.5 Å². The third kappa shape index (κ3) is 31.2. The van der Waals surface area contributed by atoms with Gasteiger partial charge in [0.05, 0.1) is 12.6 Å². The second-order valence-electron chi connectivity index (χ2n) is 30.9. The van der Waals surface area contributed by atoms with Crippen molar-refractivity contribution in [2.24, 2.45) is 41.4 Å². The van der Waals surface area contributed by atoms with Gasteiger partial charge in [-0.1, -0.05) is 139 Å². The zero-order valence-corrected chi connectivity index (χ0v) is 70.5. The van der Waals surface area contributed by atoms with Crippen LogP contribution in [0, 0.1) is 41.4 Å². The van der Waals surface area contributed by atoms with Gasteiger partial charge in [0, 0.05) is 74.8 Å². The van der Waals surface area contributed by atoms with Crippen LogP contribution >= 0.6 is 0 Å². The Morgan fingerprint density at radius 2 is 1.01 bits per heavy atom. The molecule has 0 aliphatic heterocycles. The number of carboxylic acids is 1. The second kappa shape index (κ2) is 48.8. The lowest BCUT2D eigenvalue weighted by atomic mass is 9.91. The number of hydrogen-bond acceptors (Lipinski definition) is 18. The predicted octanol–water partition coefficient (Wildman–Crippen LogP) is 4.83. The summed E-state index contributed by atoms with van der Waals surface area (Å²) in [5, 5.41) is 26.2. The first-order chi connectivity index (χ1) is 51.3. The van der Waals surface area contributed by atoms with E-state index in [-0.39, 0.29) is 82.3 Å². The van der Waals surface area contributed by atoms with Gasteiger partial charge in [0.15, 0.2) is 0 Å². The standard InChI is InChI=1S/C79H135N13O18/c1-27-30-34-51(14)67(110-56(19)93)66(71(98)84-58(29-3)78(105)106)91(26)77(104)64(50(12)13)89(24)75(102)61(42-48(8)9)88(23)74(101)60(41-47(6)7)87(22)73(100)55(18)83-68(95)53(16)82-69(96)59(40-46(4)5)86(21)76(103)63(49(10)11)85-70(97)65(90(25)72(99)54(17)80-20)52(15)43-108-45-62(94)92(38-28-2)39-37-81-79(107)109-44-57-35-32-31-33-36-57/h27,30-33,35-36,46-55,58-61,63-67,80H,28-29,34,37-45H2,1-26H3,(H,81,107)(H,82,96)(H,83,95)(H,84,98)(H,85,97)(H,105,106)/b30-27+/t51-,52-,53+,54+,55-,58+,59+,60+,61+,63-,64+,65-,66+,67-/m1/s1. The maximum atomic E-state index is 15.2. The van der Waals surface area contributed by atoms with Gasteiger partial charge in [0.25, 0.3) is 0 Å². The average molecular weight is 1560 g/mol. The lowest BCUT2D eigenvalue weighted by Crippen LogP contribution is -2.63. The molecule has 0 bridgehead atoms. The molecule has 0 aromatic heterocycles. The highest BCUT2D eigenvalue weighted by molar-refractivity contribution is 5.99. The number of rotatable bonds is 48. The molecule has 0 unspecified atom stereocenters. The van der Waals surface area contributed by atoms with Crippen LogP contribution in [-0.4, -0.2) is 277 Å². The number of carbonyl (C=O) groups excluding carboxylic acids is 13. The van der Waals surface area contributed by atoms with E-state index >= 15 is 14.4 Å². The largest absolute Gasteiger partial charge is 0.480 e. The van der Waals surface area contributed by atoms with Crippen LogP contribution in [0.15, 0.2) is 42.5 Å². The minimum absolute atomic E-state index is 0.00991. The fourth-order valence-electron chi connectivity index (χ4n) is 12.9. The zero-order valence-electron chi connectivity index (χ0n) is 70.5. The molecule has 0 aliphatic rings. The van der Waals surface area contributed by atoms with E-state index in [4.69, 9.17) is 14.2 Å². The number of nitrogens with one attached hydrogen (secondary N) is 6. The summed E-state index contributed by atoms with van der Waals surface area (Å²) in [5.41, 5.74) is 0.814. The Hall–Kier alpha value is -8.74. The molecule has 0 saturated carbocycles. The number of aliphatic carboxylic acids is 1. The number of esters is 1. The molecule has 0 radical (unpaired) electrons. The highest BCUT2D eigenvalue weighted by atomic mass is 16.6. The summed E-state index contributed by atoms with van der Waals surface area (Å²) in [4.78, 5) is 206. The van der Waals surface area contributed by atoms with Crippen molar-refractivity contribution >= 4 is 83.0 Å². The lowest BCUT2D eigenvalue weighted by molar-refractivity contribution is -0.164. The van der Waals surface area contributed by atoms with Crippen molar-refractivity contribution in [2.75, 3.05) is 82.2 Å². The normalized spacial score (nSPS) is 15.4. The van der Waals surface area contributed by atoms with Crippen LogP contribution < -0.4 is 31.9 Å². The van der Waals surface area contributed by atoms with E-state index in [1.807, 2.05) is 78.8 Å². The van der Waals surface area contributed by atoms with E-state index in [0.29, 0.717) is 19.4 Å². The molecular formula is C79H135N13O18. The molecule has 1 aromatic carbocycles. The van der Waals surface area contributed by atoms with Crippen LogP contribution in [-0.2, 0) is 83.1 Å². The Kier molecular flexibility index (Phi) is 44.0. The number of ether oxygens (including phenoxy) is 3. The highest BCUT2D eigenvalue weighted by Gasteiger charge is 2.47. The Morgan fingerprint density at radius 3 is 1.50 bits per heavy atom. The van der Waals surface area contributed by atoms with E-state index < -0.39 is 173 Å². The smallest absolute Gasteiger partial charge is 0.407 e. The molecule has 31 heteroatoms. The Labute approximate surface area is 653 Å². The molecule has 624 valence electrons. The number of amides is 12. The summed E-state index contributed by atoms with van der Waals surface area (Å²) in [7, 11) is 10.0. The van der Waals surface area contributed by atoms with Gasteiger partial charge in [-0.3, -0.25) is 57.5 Å². The van der Waals surface area contributed by atoms with Crippen molar-refractivity contribution in [3.63, 3.8) is 0 Å². The SMILES string of the molecule is C/C=C/C[C@@H](C)[C@@H](OC(C)=O)[C@@H](C(=O)N[C@@H](CC)C(=O)O)N(C)C(=O)[C@H](C(C)C)N(C)C(=O)[C@H](CC(C)C)N(C)C(=O)[C@H](CC(C)C)N(C)C(=O)[C@@H](C)NC(=O)[C@H](C)NC(=O)[C@H](CC(C)C)N(C)C(=O)[C@H](NC(=O)[C@@H]([C@H](C)COCC(=O)N(CCC)CCNC(=O)OCc1ccccc1)N(C)C(=O)[C@H](C)NC)C(C)C. The Bertz CT molecular complexity index is 3210. The van der Waals surface area contributed by atoms with Crippen LogP contribution in [0.3, 0.4) is 0 Å². The van der Waals surface area contributed by atoms with Crippen molar-refractivity contribution in [2.45, 2.75) is 249 Å². The molecule has 0 aliphatic carbocycles. The first-order valence-electron chi connectivity index (χ1n) is 38.6. The van der Waals surface area contributed by atoms with E-state index in [9.17, 15) is 57.8 Å². The molecular weight excluding hydrogens is 1420 g/mol. The maximum absolute atomic E-state index is 15.2. The summed E-state index contributed by atoms with van der Waals surface area (Å²) < 4.78 is 17.0. The minimum atomic E-state index is -1.57. The van der Waals surface area contributed by atoms with E-state index in [1.165, 1.54) is 85.5 Å². The van der Waals surface area contributed by atoms with Gasteiger partial charge in [-0.2, -0.15) is 0 Å². The summed E-state index contributed by atoms with van der Waals surface area (Å²) in [5.74, 6) is -12.6. The number of benzene rings is 1. The lowest BCUT2D eigenvalue weighted by Gasteiger charge is -2.42. The van der Waals surface area contributed by atoms with Crippen LogP contribution in [0.4, 0.5) is 4.79 Å². The predicted molar refractivity (Wildman–Crippen MR) is 419 cm³/mol. The molecule has 7 N–H and O–H groups in total. The minimum Gasteiger partial charge on any atom is -0.480 e. The van der Waals surface area contributed by atoms with Crippen molar-refractivity contribution in [1.82, 2.24) is 66.2 Å². The Morgan fingerprint density at radius 1 is 0.518 bits per heavy atom. The van der Waals surface area contributed by atoms with E-state index in [0.717, 1.165) is 17.4 Å². The molecule has 14 atom stereocenters. The number of carbonyl (C=O) groups is 14. The first kappa shape index (κ1) is 99.3. The second-order valence-corrected chi connectivity index (χ2v) is 30.9. The molecule has 0 spiro atoms. The van der Waals surface area contributed by atoms with Crippen LogP contribution in [0.2, 0.25) is 0 Å². The Balaban J connectivity index is 3.56. The van der Waals surface area contributed by atoms with Gasteiger partial charge in [-0.05, 0) is 114 Å². The first-order valence-corrected chi connectivity index (χ1v) is 38.6. The number of nitrogens with zero attached hydrogens (tertiary/aromatic N) is 7. The molecule has 110 heavy (non-hydrogen) atoms. The number of alkyl carbamates (subject to hydrolysis) is 1. The molecule has 0 saturated heterocycles. The van der Waals surface area contributed by atoms with Gasteiger partial charge in [-0.15, -0.1) is 0 Å². The summed E-state index contributed by atoms with van der Waals surface area (Å²) in [6, 6.07) is -4.55. The molecule has 1 aromatic rings. The fourth-order valence-corrected chi connectivity index (χ4v) is 12.9. The van der Waals surface area contributed by atoms with Gasteiger partial charge in [-0.25, -0.2) is 9.59 Å². The quantitative estimate of drug-likeness (QED) is 0.0339. The van der Waals surface area contributed by atoms with Crippen molar-refractivity contribution < 1.29 is 86.4 Å². The van der Waals surface area contributed by atoms with Crippen molar-refractivity contribution in [1.29, 1.82) is 0 Å². The van der Waals surface area contributed by atoms with Gasteiger partial charge >= 0.3 is 18.0 Å². The molecule has 0 heterocycles. The zero-order chi connectivity index (χ0) is 84.5. The topological polar surface area (TPSA) is 382 Å². The maximum Gasteiger partial charge on any atom is 0.407 e. The van der Waals surface area contributed by atoms with Crippen molar-refractivity contribution in [3.8, 4) is 0 Å². The summed E-state index contributed by atoms with van der Waals surface area (Å²) in [6.45, 7) is 32.2. The monoisotopic (exact) mass is 1550 g/mol. The number of carboxylic acid groups (broad SMARTS) is 1. The third-order valence-electron chi connectivity index (χ3n) is 19.4. The molecule has 1 rings (SSSR count). The number of hydrogen-bond donors (Lipinski definition) is 7. The van der Waals surface area contributed by atoms with Crippen LogP contribution in [0.5, 0.6) is 0 Å². The highest BCUT2D eigenvalue weighted by Crippen LogP contribution is 2.27. The average Bonchev–Trinajstić information content (AvgIpc) is 0.795. The van der Waals surface area contributed by atoms with Gasteiger partial charge in [0.2, 0.25) is 65.0 Å². The van der Waals surface area contributed by atoms with Crippen LogP contribution in [0.25, 0.3) is 0 Å². The van der Waals surface area contributed by atoms with E-state index in [2.05, 4.69) is 31.9 Å². The van der Waals surface area contributed by atoms with Crippen molar-refractivity contribution in [3.05, 3.63) is 48.0 Å². The third-order valence-corrected chi connectivity index (χ3v) is 19.4. The summed E-state index contributed by atoms with van der Waals surface area (Å²) >= 11 is 0.